The number of rotatable bonds is 10. The molecule has 38 heavy (non-hydrogen) atoms. The van der Waals surface area contributed by atoms with E-state index in [0.717, 1.165) is 12.8 Å². The highest BCUT2D eigenvalue weighted by molar-refractivity contribution is 6.35. The lowest BCUT2D eigenvalue weighted by molar-refractivity contribution is 0.0527. The number of benzene rings is 2. The van der Waals surface area contributed by atoms with Gasteiger partial charge in [0.25, 0.3) is 0 Å². The van der Waals surface area contributed by atoms with Crippen molar-refractivity contribution < 1.29 is 19.1 Å². The Balaban J connectivity index is 1.40. The van der Waals surface area contributed by atoms with Gasteiger partial charge in [-0.05, 0) is 57.9 Å². The number of anilines is 1. The fourth-order valence-corrected chi connectivity index (χ4v) is 4.01. The van der Waals surface area contributed by atoms with E-state index < -0.39 is 11.7 Å². The van der Waals surface area contributed by atoms with Crippen LogP contribution < -0.4 is 15.4 Å². The molecule has 0 saturated heterocycles. The van der Waals surface area contributed by atoms with Crippen LogP contribution in [0.2, 0.25) is 5.02 Å². The van der Waals surface area contributed by atoms with Gasteiger partial charge >= 0.3 is 6.09 Å². The van der Waals surface area contributed by atoms with E-state index in [1.165, 1.54) is 6.33 Å². The first-order chi connectivity index (χ1) is 18.2. The maximum Gasteiger partial charge on any atom is 0.407 e. The first kappa shape index (κ1) is 26.9. The first-order valence-electron chi connectivity index (χ1n) is 12.3. The molecule has 0 saturated carbocycles. The molecule has 0 aliphatic heterocycles. The largest absolute Gasteiger partial charge is 0.457 e. The number of carbonyl (C=O) groups is 2. The number of carbonyl (C=O) groups excluding carboxylic acids is 2. The van der Waals surface area contributed by atoms with E-state index in [0.29, 0.717) is 52.6 Å². The van der Waals surface area contributed by atoms with Gasteiger partial charge in [-0.3, -0.25) is 4.79 Å². The van der Waals surface area contributed by atoms with Crippen molar-refractivity contribution in [2.75, 3.05) is 18.4 Å². The Bertz CT molecular complexity index is 1420. The van der Waals surface area contributed by atoms with Crippen LogP contribution in [0.3, 0.4) is 0 Å². The average Bonchev–Trinajstić information content (AvgIpc) is 3.30. The minimum Gasteiger partial charge on any atom is -0.457 e. The Labute approximate surface area is 225 Å². The highest BCUT2D eigenvalue weighted by Crippen LogP contribution is 2.31. The molecule has 0 atom stereocenters. The number of H-pyrrole nitrogens is 1. The Hall–Kier alpha value is -4.11. The summed E-state index contributed by atoms with van der Waals surface area (Å²) in [6.07, 6.45) is 4.12. The lowest BCUT2D eigenvalue weighted by Gasteiger charge is -2.19. The number of aromatic nitrogens is 3. The second kappa shape index (κ2) is 12.0. The number of alkyl carbamates (subject to hydrolysis) is 1. The Morgan fingerprint density at radius 1 is 0.974 bits per heavy atom. The molecule has 2 heterocycles. The smallest absolute Gasteiger partial charge is 0.407 e. The number of aromatic amines is 1. The van der Waals surface area contributed by atoms with Crippen LogP contribution in [0.4, 0.5) is 10.6 Å². The van der Waals surface area contributed by atoms with Gasteiger partial charge in [0.05, 0.1) is 16.0 Å². The summed E-state index contributed by atoms with van der Waals surface area (Å²) in [4.78, 5) is 36.9. The normalized spacial score (nSPS) is 11.3. The molecule has 1 amide bonds. The van der Waals surface area contributed by atoms with E-state index in [-0.39, 0.29) is 10.8 Å². The van der Waals surface area contributed by atoms with E-state index >= 15 is 0 Å². The van der Waals surface area contributed by atoms with Crippen LogP contribution in [0.25, 0.3) is 11.0 Å². The van der Waals surface area contributed by atoms with E-state index in [9.17, 15) is 9.59 Å². The maximum atomic E-state index is 13.5. The van der Waals surface area contributed by atoms with Gasteiger partial charge < -0.3 is 25.1 Å². The molecule has 0 unspecified atom stereocenters. The van der Waals surface area contributed by atoms with Crippen LogP contribution in [0.1, 0.15) is 49.5 Å². The number of hydrogen-bond donors (Lipinski definition) is 3. The van der Waals surface area contributed by atoms with Gasteiger partial charge in [-0.2, -0.15) is 0 Å². The highest BCUT2D eigenvalue weighted by atomic mass is 35.5. The monoisotopic (exact) mass is 535 g/mol. The molecule has 198 valence electrons. The van der Waals surface area contributed by atoms with Crippen LogP contribution >= 0.6 is 11.6 Å². The van der Waals surface area contributed by atoms with Crippen molar-refractivity contribution in [3.05, 3.63) is 77.2 Å². The van der Waals surface area contributed by atoms with E-state index in [1.807, 2.05) is 51.1 Å². The molecule has 2 aromatic carbocycles. The third-order valence-electron chi connectivity index (χ3n) is 5.44. The second-order valence-electron chi connectivity index (χ2n) is 9.60. The van der Waals surface area contributed by atoms with Gasteiger partial charge in [0.2, 0.25) is 0 Å². The predicted octanol–water partition coefficient (Wildman–Crippen LogP) is 6.35. The summed E-state index contributed by atoms with van der Waals surface area (Å²) in [6, 6.07) is 14.3. The van der Waals surface area contributed by atoms with Gasteiger partial charge in [0.15, 0.2) is 5.78 Å². The SMILES string of the molecule is CC(C)(C)OC(=O)NCCCCNc1ncnc2[nH]cc(C(=O)c3ccc(Oc4ccccc4)cc3Cl)c12. The number of halogens is 1. The molecule has 10 heteroatoms. The van der Waals surface area contributed by atoms with Gasteiger partial charge in [0.1, 0.15) is 34.9 Å². The number of unbranched alkanes of at least 4 members (excludes halogenated alkanes) is 1. The Morgan fingerprint density at radius 2 is 1.74 bits per heavy atom. The summed E-state index contributed by atoms with van der Waals surface area (Å²) in [5.41, 5.74) is 0.764. The molecular weight excluding hydrogens is 506 g/mol. The van der Waals surface area contributed by atoms with Gasteiger partial charge in [-0.1, -0.05) is 29.8 Å². The molecule has 4 aromatic rings. The van der Waals surface area contributed by atoms with Crippen LogP contribution in [0, 0.1) is 0 Å². The molecule has 3 N–H and O–H groups in total. The number of nitrogens with zero attached hydrogens (tertiary/aromatic N) is 2. The minimum atomic E-state index is -0.530. The summed E-state index contributed by atoms with van der Waals surface area (Å²) >= 11 is 6.49. The van der Waals surface area contributed by atoms with Crippen molar-refractivity contribution >= 4 is 40.3 Å². The molecule has 0 radical (unpaired) electrons. The van der Waals surface area contributed by atoms with Crippen LogP contribution in [-0.4, -0.2) is 45.5 Å². The third-order valence-corrected chi connectivity index (χ3v) is 5.76. The number of para-hydroxylation sites is 1. The third kappa shape index (κ3) is 7.01. The summed E-state index contributed by atoms with van der Waals surface area (Å²) in [5, 5.41) is 6.89. The Morgan fingerprint density at radius 3 is 2.47 bits per heavy atom. The highest BCUT2D eigenvalue weighted by Gasteiger charge is 2.21. The second-order valence-corrected chi connectivity index (χ2v) is 10.0. The number of amides is 1. The van der Waals surface area contributed by atoms with Gasteiger partial charge in [-0.15, -0.1) is 0 Å². The topological polar surface area (TPSA) is 118 Å². The zero-order valence-electron chi connectivity index (χ0n) is 21.5. The predicted molar refractivity (Wildman–Crippen MR) is 147 cm³/mol. The van der Waals surface area contributed by atoms with Crippen molar-refractivity contribution in [1.29, 1.82) is 0 Å². The quantitative estimate of drug-likeness (QED) is 0.160. The lowest BCUT2D eigenvalue weighted by Crippen LogP contribution is -2.33. The molecule has 0 fully saturated rings. The van der Waals surface area contributed by atoms with Crippen molar-refractivity contribution in [2.24, 2.45) is 0 Å². The van der Waals surface area contributed by atoms with Gasteiger partial charge in [-0.25, -0.2) is 14.8 Å². The average molecular weight is 536 g/mol. The fraction of sp³-hybridized carbons (Fsp3) is 0.286. The number of hydrogen-bond acceptors (Lipinski definition) is 7. The van der Waals surface area contributed by atoms with Crippen molar-refractivity contribution in [3.63, 3.8) is 0 Å². The number of ether oxygens (including phenoxy) is 2. The lowest BCUT2D eigenvalue weighted by atomic mass is 10.0. The molecule has 0 spiro atoms. The fourth-order valence-electron chi connectivity index (χ4n) is 3.75. The molecule has 4 rings (SSSR count). The zero-order valence-corrected chi connectivity index (χ0v) is 22.3. The molecule has 0 bridgehead atoms. The van der Waals surface area contributed by atoms with Crippen LogP contribution in [-0.2, 0) is 4.74 Å². The first-order valence-corrected chi connectivity index (χ1v) is 12.7. The summed E-state index contributed by atoms with van der Waals surface area (Å²) < 4.78 is 11.1. The zero-order chi connectivity index (χ0) is 27.1. The van der Waals surface area contributed by atoms with E-state index in [2.05, 4.69) is 25.6 Å². The number of fused-ring (bicyclic) bond motifs is 1. The molecular formula is C28H30ClN5O4. The summed E-state index contributed by atoms with van der Waals surface area (Å²) in [7, 11) is 0. The van der Waals surface area contributed by atoms with Crippen molar-refractivity contribution in [2.45, 2.75) is 39.2 Å². The van der Waals surface area contributed by atoms with Crippen molar-refractivity contribution in [1.82, 2.24) is 20.3 Å². The molecule has 0 aliphatic carbocycles. The summed E-state index contributed by atoms with van der Waals surface area (Å²) in [6.45, 7) is 6.55. The van der Waals surface area contributed by atoms with Crippen molar-refractivity contribution in [3.8, 4) is 11.5 Å². The maximum absolute atomic E-state index is 13.5. The molecule has 9 nitrogen and oxygen atoms in total. The molecule has 0 aliphatic rings. The van der Waals surface area contributed by atoms with E-state index in [1.54, 1.807) is 24.4 Å². The Kier molecular flexibility index (Phi) is 8.48. The standard InChI is InChI=1S/C28H30ClN5O4/c1-28(2,3)38-27(36)31-14-8-7-13-30-25-23-21(16-32-26(23)34-17-33-25)24(35)20-12-11-19(15-22(20)29)37-18-9-5-4-6-10-18/h4-6,9-12,15-17H,7-8,13-14H2,1-3H3,(H,31,36)(H2,30,32,33,34). The van der Waals surface area contributed by atoms with Crippen LogP contribution in [0.15, 0.2) is 61.1 Å². The van der Waals surface area contributed by atoms with E-state index in [4.69, 9.17) is 21.1 Å². The van der Waals surface area contributed by atoms with Crippen LogP contribution in [0.5, 0.6) is 11.5 Å². The molecule has 2 aromatic heterocycles. The number of nitrogens with one attached hydrogen (secondary N) is 3. The summed E-state index contributed by atoms with van der Waals surface area (Å²) in [5.74, 6) is 1.49. The van der Waals surface area contributed by atoms with Gasteiger partial charge in [0, 0.05) is 30.9 Å². The minimum absolute atomic E-state index is 0.257. The number of ketones is 1.